The summed E-state index contributed by atoms with van der Waals surface area (Å²) in [7, 11) is -3.41. The number of nitrogens with zero attached hydrogens (tertiary/aromatic N) is 3. The van der Waals surface area contributed by atoms with Crippen molar-refractivity contribution in [3.05, 3.63) is 16.7 Å². The topological polar surface area (TPSA) is 158 Å². The molecular weight excluding hydrogens is 421 g/mol. The minimum atomic E-state index is -3.41. The van der Waals surface area contributed by atoms with E-state index in [-0.39, 0.29) is 30.1 Å². The van der Waals surface area contributed by atoms with Crippen molar-refractivity contribution in [2.45, 2.75) is 50.5 Å². The minimum absolute atomic E-state index is 0.0388. The van der Waals surface area contributed by atoms with Crippen molar-refractivity contribution in [2.24, 2.45) is 5.92 Å². The fourth-order valence-electron chi connectivity index (χ4n) is 3.77. The van der Waals surface area contributed by atoms with Gasteiger partial charge in [-0.1, -0.05) is 12.8 Å². The first-order valence-electron chi connectivity index (χ1n) is 9.50. The highest BCUT2D eigenvalue weighted by Gasteiger charge is 2.39. The lowest BCUT2D eigenvalue weighted by molar-refractivity contribution is -0.0415. The maximum absolute atomic E-state index is 11.9. The van der Waals surface area contributed by atoms with E-state index in [9.17, 15) is 14.8 Å². The number of H-pyrrole nitrogens is 1. The number of aromatic nitrogens is 4. The molecule has 1 aliphatic carbocycles. The van der Waals surface area contributed by atoms with Gasteiger partial charge in [-0.15, -0.1) is 0 Å². The predicted molar refractivity (Wildman–Crippen MR) is 107 cm³/mol. The molecule has 1 saturated carbocycles. The Morgan fingerprint density at radius 1 is 1.38 bits per heavy atom. The summed E-state index contributed by atoms with van der Waals surface area (Å²) in [6, 6.07) is 0. The van der Waals surface area contributed by atoms with Crippen LogP contribution < -0.4 is 11.3 Å². The quantitative estimate of drug-likeness (QED) is 0.355. The molecule has 4 rings (SSSR count). The molecule has 2 aromatic heterocycles. The van der Waals surface area contributed by atoms with Gasteiger partial charge in [0.1, 0.15) is 18.9 Å². The Morgan fingerprint density at radius 2 is 2.10 bits per heavy atom. The number of ether oxygens (including phenoxy) is 1. The summed E-state index contributed by atoms with van der Waals surface area (Å²) in [5.41, 5.74) is 5.54. The third-order valence-electron chi connectivity index (χ3n) is 5.32. The van der Waals surface area contributed by atoms with Crippen LogP contribution in [0.2, 0.25) is 0 Å². The highest BCUT2D eigenvalue weighted by molar-refractivity contribution is 8.35. The molecule has 5 N–H and O–H groups in total. The second-order valence-electron chi connectivity index (χ2n) is 7.42. The maximum atomic E-state index is 11.9. The summed E-state index contributed by atoms with van der Waals surface area (Å²) in [4.78, 5) is 32.7. The number of nitrogens with one attached hydrogen (secondary N) is 1. The Labute approximate surface area is 172 Å². The van der Waals surface area contributed by atoms with E-state index in [4.69, 9.17) is 31.8 Å². The first kappa shape index (κ1) is 21.0. The Hall–Kier alpha value is -1.27. The van der Waals surface area contributed by atoms with Gasteiger partial charge in [-0.25, -0.2) is 9.88 Å². The molecule has 0 amide bonds. The number of hydrogen-bond acceptors (Lipinski definition) is 10. The zero-order chi connectivity index (χ0) is 20.6. The fraction of sp³-hybridized carbons (Fsp3) is 0.688. The number of aliphatic hydroxyl groups excluding tert-OH is 1. The van der Waals surface area contributed by atoms with Crippen molar-refractivity contribution in [3.63, 3.8) is 0 Å². The van der Waals surface area contributed by atoms with Crippen LogP contribution in [0.4, 0.5) is 5.95 Å². The zero-order valence-corrected chi connectivity index (χ0v) is 17.3. The van der Waals surface area contributed by atoms with Gasteiger partial charge in [0.25, 0.3) is 12.7 Å². The van der Waals surface area contributed by atoms with Crippen molar-refractivity contribution < 1.29 is 23.8 Å². The predicted octanol–water partition coefficient (Wildman–Crippen LogP) is 0.790. The molecule has 11 nitrogen and oxygen atoms in total. The molecule has 13 heteroatoms. The van der Waals surface area contributed by atoms with Crippen LogP contribution in [0.1, 0.15) is 38.3 Å². The number of fused-ring (bicyclic) bond motifs is 1. The average Bonchev–Trinajstić information content (AvgIpc) is 3.38. The number of aliphatic hydroxyl groups is 1. The van der Waals surface area contributed by atoms with Crippen molar-refractivity contribution in [1.29, 1.82) is 0 Å². The number of anilines is 1. The van der Waals surface area contributed by atoms with E-state index >= 15 is 0 Å². The lowest BCUT2D eigenvalue weighted by atomic mass is 10.1. The molecule has 29 heavy (non-hydrogen) atoms. The van der Waals surface area contributed by atoms with E-state index < -0.39 is 31.1 Å². The summed E-state index contributed by atoms with van der Waals surface area (Å²) < 4.78 is 18.2. The second kappa shape index (κ2) is 8.46. The SMILES string of the molecule is Nc1nc2c(ncn2[C@H]2C[C@H](O)[C@@H](CO[P+](O)([S-])OCC3CCCC3)O2)c(=O)[nH]1. The van der Waals surface area contributed by atoms with E-state index in [1.54, 1.807) is 0 Å². The Bertz CT molecular complexity index is 917. The van der Waals surface area contributed by atoms with E-state index in [0.29, 0.717) is 12.5 Å². The standard InChI is InChI=1S/C16H24N5O6PS/c17-16-19-14-13(15(23)20-16)18-8-21(14)12-5-10(22)11(27-12)7-26-28(24,29)25-6-9-3-1-2-4-9/h8-12,22H,1-7H2,(H,24,29)(H3,17,19,20,23)/t10-,11+,12+,28?/m0/s1. The second-order valence-corrected chi connectivity index (χ2v) is 10.3. The smallest absolute Gasteiger partial charge is 0.286 e. The summed E-state index contributed by atoms with van der Waals surface area (Å²) in [5, 5.41) is 10.3. The molecular formula is C16H24N5O6PS. The summed E-state index contributed by atoms with van der Waals surface area (Å²) >= 11 is 5.06. The highest BCUT2D eigenvalue weighted by Crippen LogP contribution is 2.55. The van der Waals surface area contributed by atoms with E-state index in [2.05, 4.69) is 15.0 Å². The Morgan fingerprint density at radius 3 is 2.86 bits per heavy atom. The molecule has 3 heterocycles. The average molecular weight is 445 g/mol. The molecule has 0 bridgehead atoms. The van der Waals surface area contributed by atoms with Crippen LogP contribution in [-0.2, 0) is 26.0 Å². The van der Waals surface area contributed by atoms with Crippen molar-refractivity contribution in [2.75, 3.05) is 18.9 Å². The Balaban J connectivity index is 1.37. The van der Waals surface area contributed by atoms with Gasteiger partial charge in [0.2, 0.25) is 5.95 Å². The van der Waals surface area contributed by atoms with Crippen LogP contribution >= 0.6 is 7.15 Å². The number of imidazole rings is 1. The van der Waals surface area contributed by atoms with Gasteiger partial charge in [-0.05, 0) is 18.8 Å². The summed E-state index contributed by atoms with van der Waals surface area (Å²) in [6.45, 7) is 0.270. The van der Waals surface area contributed by atoms with Crippen LogP contribution in [0.25, 0.3) is 11.2 Å². The van der Waals surface area contributed by atoms with E-state index in [0.717, 1.165) is 12.8 Å². The van der Waals surface area contributed by atoms with Crippen LogP contribution in [-0.4, -0.2) is 54.9 Å². The van der Waals surface area contributed by atoms with Gasteiger partial charge >= 0.3 is 0 Å². The molecule has 160 valence electrons. The molecule has 2 aliphatic rings. The molecule has 4 atom stereocenters. The summed E-state index contributed by atoms with van der Waals surface area (Å²) in [5.74, 6) is 0.367. The molecule has 2 fully saturated rings. The van der Waals surface area contributed by atoms with Gasteiger partial charge in [-0.3, -0.25) is 14.3 Å². The monoisotopic (exact) mass is 445 g/mol. The fourth-order valence-corrected chi connectivity index (χ4v) is 4.95. The lowest BCUT2D eigenvalue weighted by Gasteiger charge is -2.24. The largest absolute Gasteiger partial charge is 0.459 e. The maximum Gasteiger partial charge on any atom is 0.286 e. The highest BCUT2D eigenvalue weighted by atomic mass is 32.7. The molecule has 1 saturated heterocycles. The Kier molecular flexibility index (Phi) is 6.12. The van der Waals surface area contributed by atoms with Crippen molar-refractivity contribution >= 4 is 36.5 Å². The molecule has 1 unspecified atom stereocenters. The van der Waals surface area contributed by atoms with Gasteiger partial charge in [0.15, 0.2) is 11.2 Å². The molecule has 1 aliphatic heterocycles. The number of nitrogen functional groups attached to an aromatic ring is 1. The van der Waals surface area contributed by atoms with Crippen LogP contribution in [0, 0.1) is 5.92 Å². The lowest BCUT2D eigenvalue weighted by Crippen LogP contribution is -2.26. The first-order chi connectivity index (χ1) is 13.8. The molecule has 0 spiro atoms. The third-order valence-corrected chi connectivity index (χ3v) is 6.90. The van der Waals surface area contributed by atoms with Crippen LogP contribution in [0.5, 0.6) is 0 Å². The number of nitrogens with two attached hydrogens (primary N) is 1. The van der Waals surface area contributed by atoms with Gasteiger partial charge in [0.05, 0.1) is 19.0 Å². The normalized spacial score (nSPS) is 27.6. The van der Waals surface area contributed by atoms with Gasteiger partial charge < -0.3 is 27.8 Å². The van der Waals surface area contributed by atoms with Gasteiger partial charge in [0, 0.05) is 6.42 Å². The van der Waals surface area contributed by atoms with Crippen molar-refractivity contribution in [1.82, 2.24) is 19.5 Å². The number of hydrogen-bond donors (Lipinski definition) is 4. The van der Waals surface area contributed by atoms with Crippen molar-refractivity contribution in [3.8, 4) is 0 Å². The molecule has 0 radical (unpaired) electrons. The molecule has 2 aromatic rings. The minimum Gasteiger partial charge on any atom is -0.459 e. The first-order valence-corrected chi connectivity index (χ1v) is 12.1. The number of aromatic amines is 1. The van der Waals surface area contributed by atoms with E-state index in [1.165, 1.54) is 23.7 Å². The third kappa shape index (κ3) is 4.74. The zero-order valence-electron chi connectivity index (χ0n) is 15.6. The molecule has 0 aromatic carbocycles. The van der Waals surface area contributed by atoms with Crippen LogP contribution in [0.3, 0.4) is 0 Å². The number of rotatable bonds is 7. The van der Waals surface area contributed by atoms with Gasteiger partial charge in [-0.2, -0.15) is 14.0 Å². The van der Waals surface area contributed by atoms with E-state index in [1.807, 2.05) is 0 Å². The van der Waals surface area contributed by atoms with Crippen LogP contribution in [0.15, 0.2) is 11.1 Å². The summed E-state index contributed by atoms with van der Waals surface area (Å²) in [6.07, 6.45) is 3.92.